The second-order valence-electron chi connectivity index (χ2n) is 7.28. The van der Waals surface area contributed by atoms with Crippen molar-refractivity contribution in [3.05, 3.63) is 96.3 Å². The number of amides is 1. The van der Waals surface area contributed by atoms with Crippen LogP contribution in [0, 0.1) is 0 Å². The number of nitrogens with one attached hydrogen (secondary N) is 1. The topological polar surface area (TPSA) is 49.0 Å². The number of H-pyrrole nitrogens is 1. The number of rotatable bonds is 3. The molecule has 0 atom stereocenters. The van der Waals surface area contributed by atoms with Crippen LogP contribution in [0.25, 0.3) is 27.7 Å². The van der Waals surface area contributed by atoms with Gasteiger partial charge in [-0.15, -0.1) is 0 Å². The average molecular weight is 379 g/mol. The molecule has 5 rings (SSSR count). The van der Waals surface area contributed by atoms with Gasteiger partial charge in [-0.3, -0.25) is 9.78 Å². The number of fused-ring (bicyclic) bond motifs is 1. The lowest BCUT2D eigenvalue weighted by Crippen LogP contribution is -2.34. The Labute approximate surface area is 169 Å². The Morgan fingerprint density at radius 1 is 0.931 bits per heavy atom. The van der Waals surface area contributed by atoms with E-state index in [1.54, 1.807) is 0 Å². The highest BCUT2D eigenvalue weighted by atomic mass is 16.2. The molecule has 0 saturated carbocycles. The van der Waals surface area contributed by atoms with Crippen molar-refractivity contribution >= 4 is 22.5 Å². The number of pyridine rings is 1. The number of aromatic amines is 1. The van der Waals surface area contributed by atoms with E-state index in [4.69, 9.17) is 0 Å². The maximum atomic E-state index is 12.9. The van der Waals surface area contributed by atoms with Crippen molar-refractivity contribution < 1.29 is 4.79 Å². The van der Waals surface area contributed by atoms with Crippen LogP contribution in [0.1, 0.15) is 22.3 Å². The molecule has 0 spiro atoms. The minimum atomic E-state index is 0.0805. The van der Waals surface area contributed by atoms with Crippen LogP contribution >= 0.6 is 0 Å². The predicted molar refractivity (Wildman–Crippen MR) is 116 cm³/mol. The predicted octanol–water partition coefficient (Wildman–Crippen LogP) is 5.16. The molecule has 1 aliphatic heterocycles. The summed E-state index contributed by atoms with van der Waals surface area (Å²) in [4.78, 5) is 22.6. The zero-order valence-corrected chi connectivity index (χ0v) is 16.0. The minimum Gasteiger partial charge on any atom is -0.359 e. The van der Waals surface area contributed by atoms with Gasteiger partial charge in [-0.2, -0.15) is 0 Å². The second-order valence-corrected chi connectivity index (χ2v) is 7.28. The summed E-state index contributed by atoms with van der Waals surface area (Å²) in [5.41, 5.74) is 7.43. The van der Waals surface area contributed by atoms with Crippen LogP contribution in [-0.2, 0) is 0 Å². The van der Waals surface area contributed by atoms with Crippen molar-refractivity contribution in [2.24, 2.45) is 0 Å². The summed E-state index contributed by atoms with van der Waals surface area (Å²) in [7, 11) is 0. The molecule has 3 heterocycles. The molecule has 4 aromatic rings. The molecule has 4 nitrogen and oxygen atoms in total. The number of hydrogen-bond acceptors (Lipinski definition) is 2. The molecular formula is C25H21N3O. The Morgan fingerprint density at radius 3 is 2.48 bits per heavy atom. The van der Waals surface area contributed by atoms with Gasteiger partial charge in [0.15, 0.2) is 0 Å². The lowest BCUT2D eigenvalue weighted by atomic mass is 10.00. The van der Waals surface area contributed by atoms with Crippen molar-refractivity contribution in [3.8, 4) is 11.1 Å². The molecule has 0 aliphatic carbocycles. The van der Waals surface area contributed by atoms with Crippen molar-refractivity contribution in [1.82, 2.24) is 14.9 Å². The van der Waals surface area contributed by atoms with Gasteiger partial charge in [0, 0.05) is 36.6 Å². The first-order valence-corrected chi connectivity index (χ1v) is 9.86. The molecule has 0 saturated heterocycles. The van der Waals surface area contributed by atoms with Gasteiger partial charge in [0.1, 0.15) is 0 Å². The molecule has 29 heavy (non-hydrogen) atoms. The molecule has 1 amide bonds. The smallest absolute Gasteiger partial charge is 0.254 e. The van der Waals surface area contributed by atoms with Crippen LogP contribution in [-0.4, -0.2) is 33.9 Å². The minimum absolute atomic E-state index is 0.0805. The number of hydrogen-bond donors (Lipinski definition) is 1. The largest absolute Gasteiger partial charge is 0.359 e. The van der Waals surface area contributed by atoms with Crippen molar-refractivity contribution in [2.45, 2.75) is 6.42 Å². The molecule has 1 N–H and O–H groups in total. The van der Waals surface area contributed by atoms with E-state index in [2.05, 4.69) is 28.2 Å². The van der Waals surface area contributed by atoms with E-state index >= 15 is 0 Å². The molecule has 0 bridgehead atoms. The van der Waals surface area contributed by atoms with E-state index < -0.39 is 0 Å². The standard InChI is InChI=1S/C25H21N3O/c29-25(21-10-8-19(9-11-21)18-5-2-1-3-6-18)28-15-12-20(13-16-28)22-17-27-23-7-4-14-26-24(22)23/h1-12,14,17,27H,13,15-16H2. The summed E-state index contributed by atoms with van der Waals surface area (Å²) in [6, 6.07) is 22.1. The SMILES string of the molecule is O=C(c1ccc(-c2ccccc2)cc1)N1CC=C(c2c[nH]c3cccnc23)CC1. The molecule has 2 aromatic heterocycles. The summed E-state index contributed by atoms with van der Waals surface area (Å²) in [6.07, 6.45) is 6.82. The fraction of sp³-hybridized carbons (Fsp3) is 0.120. The fourth-order valence-corrected chi connectivity index (χ4v) is 3.92. The summed E-state index contributed by atoms with van der Waals surface area (Å²) < 4.78 is 0. The van der Waals surface area contributed by atoms with Gasteiger partial charge in [0.2, 0.25) is 0 Å². The first kappa shape index (κ1) is 17.4. The Morgan fingerprint density at radius 2 is 1.72 bits per heavy atom. The number of carbonyl (C=O) groups excluding carboxylic acids is 1. The van der Waals surface area contributed by atoms with Gasteiger partial charge in [-0.25, -0.2) is 0 Å². The quantitative estimate of drug-likeness (QED) is 0.534. The van der Waals surface area contributed by atoms with Crippen molar-refractivity contribution in [1.29, 1.82) is 0 Å². The van der Waals surface area contributed by atoms with E-state index in [0.29, 0.717) is 13.1 Å². The highest BCUT2D eigenvalue weighted by molar-refractivity contribution is 5.96. The fourth-order valence-electron chi connectivity index (χ4n) is 3.92. The maximum absolute atomic E-state index is 12.9. The highest BCUT2D eigenvalue weighted by Gasteiger charge is 2.20. The molecule has 0 radical (unpaired) electrons. The van der Waals surface area contributed by atoms with Gasteiger partial charge in [0.25, 0.3) is 5.91 Å². The van der Waals surface area contributed by atoms with Gasteiger partial charge in [-0.05, 0) is 47.4 Å². The molecule has 2 aromatic carbocycles. The Kier molecular flexibility index (Phi) is 4.45. The van der Waals surface area contributed by atoms with Crippen LogP contribution in [0.4, 0.5) is 0 Å². The van der Waals surface area contributed by atoms with Crippen LogP contribution in [0.15, 0.2) is 85.2 Å². The van der Waals surface area contributed by atoms with Gasteiger partial charge in [0.05, 0.1) is 11.0 Å². The first-order chi connectivity index (χ1) is 14.3. The Hall–Kier alpha value is -3.66. The second kappa shape index (κ2) is 7.40. The summed E-state index contributed by atoms with van der Waals surface area (Å²) >= 11 is 0. The molecule has 0 unspecified atom stereocenters. The van der Waals surface area contributed by atoms with E-state index in [1.807, 2.05) is 71.9 Å². The Bertz CT molecular complexity index is 1190. The van der Waals surface area contributed by atoms with Gasteiger partial charge < -0.3 is 9.88 Å². The van der Waals surface area contributed by atoms with Crippen molar-refractivity contribution in [3.63, 3.8) is 0 Å². The third-order valence-corrected chi connectivity index (χ3v) is 5.52. The number of carbonyl (C=O) groups is 1. The number of benzene rings is 2. The van der Waals surface area contributed by atoms with Crippen LogP contribution in [0.3, 0.4) is 0 Å². The molecular weight excluding hydrogens is 358 g/mol. The van der Waals surface area contributed by atoms with Crippen molar-refractivity contribution in [2.75, 3.05) is 13.1 Å². The van der Waals surface area contributed by atoms with Crippen LogP contribution in [0.2, 0.25) is 0 Å². The molecule has 0 fully saturated rings. The zero-order valence-electron chi connectivity index (χ0n) is 16.0. The normalized spacial score (nSPS) is 14.1. The lowest BCUT2D eigenvalue weighted by molar-refractivity contribution is 0.0773. The summed E-state index contributed by atoms with van der Waals surface area (Å²) in [6.45, 7) is 1.33. The molecule has 142 valence electrons. The summed E-state index contributed by atoms with van der Waals surface area (Å²) in [5, 5.41) is 0. The van der Waals surface area contributed by atoms with Crippen LogP contribution in [0.5, 0.6) is 0 Å². The number of nitrogens with zero attached hydrogens (tertiary/aromatic N) is 2. The lowest BCUT2D eigenvalue weighted by Gasteiger charge is -2.26. The van der Waals surface area contributed by atoms with Gasteiger partial charge in [-0.1, -0.05) is 48.5 Å². The first-order valence-electron chi connectivity index (χ1n) is 9.86. The van der Waals surface area contributed by atoms with Gasteiger partial charge >= 0.3 is 0 Å². The summed E-state index contributed by atoms with van der Waals surface area (Å²) in [5.74, 6) is 0.0805. The monoisotopic (exact) mass is 379 g/mol. The highest BCUT2D eigenvalue weighted by Crippen LogP contribution is 2.28. The van der Waals surface area contributed by atoms with Crippen LogP contribution < -0.4 is 0 Å². The van der Waals surface area contributed by atoms with E-state index in [1.165, 1.54) is 5.57 Å². The van der Waals surface area contributed by atoms with E-state index in [0.717, 1.165) is 39.7 Å². The zero-order chi connectivity index (χ0) is 19.6. The Balaban J connectivity index is 1.32. The molecule has 1 aliphatic rings. The third-order valence-electron chi connectivity index (χ3n) is 5.52. The third kappa shape index (κ3) is 3.34. The average Bonchev–Trinajstić information content (AvgIpc) is 3.24. The van der Waals surface area contributed by atoms with E-state index in [9.17, 15) is 4.79 Å². The molecule has 4 heteroatoms. The van der Waals surface area contributed by atoms with E-state index in [-0.39, 0.29) is 5.91 Å². The maximum Gasteiger partial charge on any atom is 0.254 e. The number of aromatic nitrogens is 2.